The van der Waals surface area contributed by atoms with E-state index in [4.69, 9.17) is 6.42 Å². The second-order valence-corrected chi connectivity index (χ2v) is 5.91. The molecule has 0 saturated heterocycles. The Kier molecular flexibility index (Phi) is 4.81. The van der Waals surface area contributed by atoms with E-state index in [1.165, 1.54) is 35.0 Å². The minimum absolute atomic E-state index is 0.138. The van der Waals surface area contributed by atoms with Gasteiger partial charge in [0.15, 0.2) is 0 Å². The van der Waals surface area contributed by atoms with Crippen molar-refractivity contribution in [1.82, 2.24) is 14.3 Å². The van der Waals surface area contributed by atoms with E-state index < -0.39 is 0 Å². The number of benzene rings is 1. The summed E-state index contributed by atoms with van der Waals surface area (Å²) in [6, 6.07) is 10.6. The van der Waals surface area contributed by atoms with Crippen molar-refractivity contribution in [1.29, 1.82) is 0 Å². The molecule has 0 amide bonds. The Morgan fingerprint density at radius 1 is 1.23 bits per heavy atom. The number of Topliss-reactive ketones (excluding diaryl/α,β-unsaturated/α-hetero) is 1. The van der Waals surface area contributed by atoms with Crippen molar-refractivity contribution in [2.45, 2.75) is 20.0 Å². The molecule has 0 bridgehead atoms. The second kappa shape index (κ2) is 7.19. The lowest BCUT2D eigenvalue weighted by atomic mass is 10.2. The lowest BCUT2D eigenvalue weighted by Gasteiger charge is -2.05. The highest BCUT2D eigenvalue weighted by Crippen LogP contribution is 2.10. The molecule has 0 saturated carbocycles. The van der Waals surface area contributed by atoms with Gasteiger partial charge in [0.1, 0.15) is 11.5 Å². The van der Waals surface area contributed by atoms with Crippen molar-refractivity contribution in [3.8, 4) is 12.3 Å². The first-order valence-corrected chi connectivity index (χ1v) is 7.95. The number of carbonyl (C=O) groups excluding carboxylic acids is 1. The fraction of sp³-hybridized carbons (Fsp3) is 0.150. The average molecular weight is 349 g/mol. The molecule has 0 radical (unpaired) electrons. The molecule has 130 valence electrons. The molecule has 3 rings (SSSR count). The largest absolute Gasteiger partial charge is 0.306 e. The fourth-order valence-corrected chi connectivity index (χ4v) is 2.55. The van der Waals surface area contributed by atoms with Gasteiger partial charge >= 0.3 is 0 Å². The number of aryl methyl sites for hydroxylation is 1. The first kappa shape index (κ1) is 17.4. The lowest BCUT2D eigenvalue weighted by Crippen LogP contribution is -2.23. The van der Waals surface area contributed by atoms with E-state index in [1.54, 1.807) is 22.9 Å². The van der Waals surface area contributed by atoms with Gasteiger partial charge in [0.05, 0.1) is 13.1 Å². The minimum Gasteiger partial charge on any atom is -0.306 e. The summed E-state index contributed by atoms with van der Waals surface area (Å²) in [7, 11) is 0. The Hall–Kier alpha value is -3.46. The zero-order valence-corrected chi connectivity index (χ0v) is 14.1. The van der Waals surface area contributed by atoms with Gasteiger partial charge < -0.3 is 4.57 Å². The Bertz CT molecular complexity index is 1060. The van der Waals surface area contributed by atoms with Crippen molar-refractivity contribution < 1.29 is 9.18 Å². The van der Waals surface area contributed by atoms with Gasteiger partial charge in [0, 0.05) is 23.5 Å². The molecule has 26 heavy (non-hydrogen) atoms. The monoisotopic (exact) mass is 349 g/mol. The number of rotatable bonds is 5. The van der Waals surface area contributed by atoms with E-state index >= 15 is 0 Å². The molecule has 0 fully saturated rings. The van der Waals surface area contributed by atoms with Gasteiger partial charge in [-0.15, -0.1) is 6.42 Å². The summed E-state index contributed by atoms with van der Waals surface area (Å²) in [5, 5.41) is 4.31. The molecule has 0 spiro atoms. The zero-order chi connectivity index (χ0) is 18.7. The molecule has 2 heterocycles. The molecule has 0 aliphatic rings. The molecule has 5 nitrogen and oxygen atoms in total. The summed E-state index contributed by atoms with van der Waals surface area (Å²) in [5.41, 5.74) is 2.15. The molecule has 1 aromatic carbocycles. The third-order valence-electron chi connectivity index (χ3n) is 3.98. The number of aromatic nitrogens is 3. The van der Waals surface area contributed by atoms with E-state index in [9.17, 15) is 14.0 Å². The molecular weight excluding hydrogens is 333 g/mol. The SMILES string of the molecule is C#Cc1ccc(=O)n(CC(=O)c2cc(C)n(Cc3ccc(F)cc3)n2)c1. The molecule has 6 heteroatoms. The maximum atomic E-state index is 13.0. The van der Waals surface area contributed by atoms with Gasteiger partial charge in [0.25, 0.3) is 5.56 Å². The van der Waals surface area contributed by atoms with E-state index in [0.29, 0.717) is 12.1 Å². The van der Waals surface area contributed by atoms with Crippen LogP contribution in [-0.2, 0) is 13.1 Å². The van der Waals surface area contributed by atoms with Gasteiger partial charge in [-0.05, 0) is 36.8 Å². The smallest absolute Gasteiger partial charge is 0.251 e. The van der Waals surface area contributed by atoms with Crippen LogP contribution in [0.15, 0.2) is 53.5 Å². The van der Waals surface area contributed by atoms with E-state index in [0.717, 1.165) is 11.3 Å². The fourth-order valence-electron chi connectivity index (χ4n) is 2.55. The minimum atomic E-state index is -0.306. The lowest BCUT2D eigenvalue weighted by molar-refractivity contribution is 0.0965. The van der Waals surface area contributed by atoms with Crippen LogP contribution in [0.4, 0.5) is 4.39 Å². The number of carbonyl (C=O) groups is 1. The number of nitrogens with zero attached hydrogens (tertiary/aromatic N) is 3. The number of pyridine rings is 1. The van der Waals surface area contributed by atoms with E-state index in [-0.39, 0.29) is 29.4 Å². The Labute approximate surface area is 149 Å². The maximum absolute atomic E-state index is 13.0. The first-order chi connectivity index (χ1) is 12.5. The van der Waals surface area contributed by atoms with Crippen LogP contribution < -0.4 is 5.56 Å². The first-order valence-electron chi connectivity index (χ1n) is 7.95. The number of ketones is 1. The summed E-state index contributed by atoms with van der Waals surface area (Å²) >= 11 is 0. The van der Waals surface area contributed by atoms with Crippen molar-refractivity contribution in [3.63, 3.8) is 0 Å². The predicted molar refractivity (Wildman–Crippen MR) is 95.4 cm³/mol. The number of hydrogen-bond donors (Lipinski definition) is 0. The standard InChI is InChI=1S/C20H16FN3O2/c1-3-15-6-9-20(26)23(11-15)13-19(25)18-10-14(2)24(22-18)12-16-4-7-17(21)8-5-16/h1,4-11H,12-13H2,2H3. The van der Waals surface area contributed by atoms with Crippen LogP contribution in [0, 0.1) is 25.1 Å². The van der Waals surface area contributed by atoms with Crippen LogP contribution in [0.25, 0.3) is 0 Å². The Morgan fingerprint density at radius 2 is 1.96 bits per heavy atom. The topological polar surface area (TPSA) is 56.9 Å². The van der Waals surface area contributed by atoms with Gasteiger partial charge in [-0.25, -0.2) is 4.39 Å². The van der Waals surface area contributed by atoms with Crippen LogP contribution in [-0.4, -0.2) is 20.1 Å². The summed E-state index contributed by atoms with van der Waals surface area (Å²) in [6.45, 7) is 2.12. The number of hydrogen-bond acceptors (Lipinski definition) is 3. The molecule has 2 aromatic heterocycles. The van der Waals surface area contributed by atoms with Crippen LogP contribution >= 0.6 is 0 Å². The Balaban J connectivity index is 1.80. The Morgan fingerprint density at radius 3 is 2.65 bits per heavy atom. The summed E-state index contributed by atoms with van der Waals surface area (Å²) < 4.78 is 15.9. The van der Waals surface area contributed by atoms with Crippen LogP contribution in [0.5, 0.6) is 0 Å². The zero-order valence-electron chi connectivity index (χ0n) is 14.1. The summed E-state index contributed by atoms with van der Waals surface area (Å²) in [6.07, 6.45) is 6.80. The van der Waals surface area contributed by atoms with Crippen LogP contribution in [0.2, 0.25) is 0 Å². The third-order valence-corrected chi connectivity index (χ3v) is 3.98. The van der Waals surface area contributed by atoms with Crippen LogP contribution in [0.3, 0.4) is 0 Å². The molecule has 0 unspecified atom stereocenters. The van der Waals surface area contributed by atoms with Gasteiger partial charge in [-0.1, -0.05) is 18.1 Å². The van der Waals surface area contributed by atoms with Crippen LogP contribution in [0.1, 0.15) is 27.3 Å². The van der Waals surface area contributed by atoms with Crippen molar-refractivity contribution >= 4 is 5.78 Å². The van der Waals surface area contributed by atoms with Gasteiger partial charge in [-0.3, -0.25) is 14.3 Å². The molecular formula is C20H16FN3O2. The second-order valence-electron chi connectivity index (χ2n) is 5.91. The van der Waals surface area contributed by atoms with E-state index in [1.807, 2.05) is 6.92 Å². The number of halogens is 1. The van der Waals surface area contributed by atoms with Gasteiger partial charge in [0.2, 0.25) is 5.78 Å². The highest BCUT2D eigenvalue weighted by atomic mass is 19.1. The average Bonchev–Trinajstić information content (AvgIpc) is 2.99. The molecule has 0 N–H and O–H groups in total. The highest BCUT2D eigenvalue weighted by molar-refractivity contribution is 5.94. The number of terminal acetylenes is 1. The quantitative estimate of drug-likeness (QED) is 0.525. The van der Waals surface area contributed by atoms with Crippen molar-refractivity contribution in [2.24, 2.45) is 0 Å². The molecule has 0 atom stereocenters. The predicted octanol–water partition coefficient (Wildman–Crippen LogP) is 2.40. The summed E-state index contributed by atoms with van der Waals surface area (Å²) in [4.78, 5) is 24.4. The maximum Gasteiger partial charge on any atom is 0.251 e. The van der Waals surface area contributed by atoms with Crippen molar-refractivity contribution in [2.75, 3.05) is 0 Å². The van der Waals surface area contributed by atoms with Gasteiger partial charge in [-0.2, -0.15) is 5.10 Å². The van der Waals surface area contributed by atoms with Crippen molar-refractivity contribution in [3.05, 3.63) is 87.3 Å². The normalized spacial score (nSPS) is 10.5. The molecule has 0 aliphatic heterocycles. The highest BCUT2D eigenvalue weighted by Gasteiger charge is 2.14. The van der Waals surface area contributed by atoms with E-state index in [2.05, 4.69) is 11.0 Å². The third kappa shape index (κ3) is 3.78. The summed E-state index contributed by atoms with van der Waals surface area (Å²) in [5.74, 6) is 1.84. The molecule has 3 aromatic rings. The molecule has 0 aliphatic carbocycles.